The summed E-state index contributed by atoms with van der Waals surface area (Å²) in [5.41, 5.74) is 5.86. The van der Waals surface area contributed by atoms with Gasteiger partial charge in [-0.1, -0.05) is 6.07 Å². The molecule has 0 aliphatic heterocycles. The number of aliphatic carboxylic acids is 1. The first-order chi connectivity index (χ1) is 11.3. The molecule has 1 aromatic heterocycles. The number of aryl methyl sites for hydroxylation is 2. The van der Waals surface area contributed by atoms with E-state index in [-0.39, 0.29) is 24.8 Å². The van der Waals surface area contributed by atoms with Crippen molar-refractivity contribution in [1.82, 2.24) is 9.88 Å². The second-order valence-electron chi connectivity index (χ2n) is 5.66. The van der Waals surface area contributed by atoms with E-state index in [0.717, 1.165) is 5.56 Å². The van der Waals surface area contributed by atoms with Gasteiger partial charge in [0.05, 0.1) is 0 Å². The monoisotopic (exact) mass is 337 g/mol. The Bertz CT molecular complexity index is 653. The van der Waals surface area contributed by atoms with Crippen molar-refractivity contribution in [2.24, 2.45) is 5.73 Å². The van der Waals surface area contributed by atoms with Crippen LogP contribution in [0.4, 0.5) is 0 Å². The molecule has 1 atom stereocenters. The number of carbonyl (C=O) groups is 3. The molecule has 0 bridgehead atoms. The number of aromatic nitrogens is 1. The van der Waals surface area contributed by atoms with Crippen molar-refractivity contribution >= 4 is 17.8 Å². The molecule has 0 radical (unpaired) electrons. The minimum absolute atomic E-state index is 0.0326. The highest BCUT2D eigenvalue weighted by Crippen LogP contribution is 2.02. The van der Waals surface area contributed by atoms with Crippen LogP contribution in [0.3, 0.4) is 0 Å². The van der Waals surface area contributed by atoms with E-state index in [4.69, 9.17) is 10.8 Å². The van der Waals surface area contributed by atoms with Crippen molar-refractivity contribution < 1.29 is 19.5 Å². The number of nitrogens with zero attached hydrogens (tertiary/aromatic N) is 1. The standard InChI is InChI=1S/C16H23N3O5/c1-11-5-8-15(22)19(10-11)9-3-2-4-14(21)18-12(16(23)24)6-7-13(17)20/h5,8,10,12H,2-4,6-7,9H2,1H3,(H2,17,20)(H,18,21)(H,23,24). The Kier molecular flexibility index (Phi) is 7.67. The third-order valence-corrected chi connectivity index (χ3v) is 3.50. The number of unbranched alkanes of at least 4 members (excludes halogenated alkanes) is 1. The number of hydrogen-bond donors (Lipinski definition) is 3. The van der Waals surface area contributed by atoms with Gasteiger partial charge in [0.2, 0.25) is 11.8 Å². The SMILES string of the molecule is Cc1ccc(=O)n(CCCCC(=O)NC(CCC(N)=O)C(=O)O)c1. The normalized spacial score (nSPS) is 11.7. The lowest BCUT2D eigenvalue weighted by atomic mass is 10.1. The summed E-state index contributed by atoms with van der Waals surface area (Å²) in [7, 11) is 0. The average Bonchev–Trinajstić information content (AvgIpc) is 2.50. The van der Waals surface area contributed by atoms with E-state index in [2.05, 4.69) is 5.32 Å². The van der Waals surface area contributed by atoms with Crippen LogP contribution < -0.4 is 16.6 Å². The molecule has 0 aliphatic carbocycles. The van der Waals surface area contributed by atoms with Crippen molar-refractivity contribution in [2.45, 2.75) is 51.6 Å². The van der Waals surface area contributed by atoms with E-state index in [1.54, 1.807) is 16.8 Å². The summed E-state index contributed by atoms with van der Waals surface area (Å²) in [6.07, 6.45) is 2.92. The fourth-order valence-corrected chi connectivity index (χ4v) is 2.20. The molecule has 0 saturated carbocycles. The van der Waals surface area contributed by atoms with Gasteiger partial charge in [0.25, 0.3) is 5.56 Å². The van der Waals surface area contributed by atoms with Crippen molar-refractivity contribution in [3.63, 3.8) is 0 Å². The molecule has 0 fully saturated rings. The summed E-state index contributed by atoms with van der Waals surface area (Å²) < 4.78 is 1.58. The topological polar surface area (TPSA) is 131 Å². The molecular formula is C16H23N3O5. The molecular weight excluding hydrogens is 314 g/mol. The summed E-state index contributed by atoms with van der Waals surface area (Å²) in [4.78, 5) is 45.1. The maximum absolute atomic E-state index is 11.8. The zero-order valence-corrected chi connectivity index (χ0v) is 13.7. The third-order valence-electron chi connectivity index (χ3n) is 3.50. The molecule has 1 heterocycles. The largest absolute Gasteiger partial charge is 0.480 e. The lowest BCUT2D eigenvalue weighted by Crippen LogP contribution is -2.41. The summed E-state index contributed by atoms with van der Waals surface area (Å²) in [5, 5.41) is 11.4. The average molecular weight is 337 g/mol. The predicted molar refractivity (Wildman–Crippen MR) is 87.3 cm³/mol. The first-order valence-electron chi connectivity index (χ1n) is 7.77. The van der Waals surface area contributed by atoms with E-state index >= 15 is 0 Å². The lowest BCUT2D eigenvalue weighted by Gasteiger charge is -2.13. The van der Waals surface area contributed by atoms with Crippen LogP contribution in [0.15, 0.2) is 23.1 Å². The Morgan fingerprint density at radius 3 is 2.58 bits per heavy atom. The van der Waals surface area contributed by atoms with Crippen LogP contribution >= 0.6 is 0 Å². The van der Waals surface area contributed by atoms with Gasteiger partial charge < -0.3 is 20.7 Å². The van der Waals surface area contributed by atoms with Gasteiger partial charge in [-0.3, -0.25) is 14.4 Å². The number of carbonyl (C=O) groups excluding carboxylic acids is 2. The number of carboxylic acid groups (broad SMARTS) is 1. The maximum atomic E-state index is 11.8. The fraction of sp³-hybridized carbons (Fsp3) is 0.500. The van der Waals surface area contributed by atoms with Crippen LogP contribution in [0.1, 0.15) is 37.7 Å². The minimum atomic E-state index is -1.20. The molecule has 24 heavy (non-hydrogen) atoms. The van der Waals surface area contributed by atoms with Crippen LogP contribution in [0.25, 0.3) is 0 Å². The van der Waals surface area contributed by atoms with Gasteiger partial charge in [-0.05, 0) is 31.7 Å². The second kappa shape index (κ2) is 9.49. The number of hydrogen-bond acceptors (Lipinski definition) is 4. The van der Waals surface area contributed by atoms with Crippen LogP contribution in [0.2, 0.25) is 0 Å². The summed E-state index contributed by atoms with van der Waals surface area (Å²) in [6.45, 7) is 2.39. The number of carboxylic acids is 1. The van der Waals surface area contributed by atoms with Crippen molar-refractivity contribution in [3.05, 3.63) is 34.2 Å². The highest BCUT2D eigenvalue weighted by atomic mass is 16.4. The van der Waals surface area contributed by atoms with E-state index in [1.807, 2.05) is 6.92 Å². The Hall–Kier alpha value is -2.64. The lowest BCUT2D eigenvalue weighted by molar-refractivity contribution is -0.142. The number of primary amides is 1. The molecule has 1 aromatic rings. The van der Waals surface area contributed by atoms with E-state index in [0.29, 0.717) is 19.4 Å². The maximum Gasteiger partial charge on any atom is 0.326 e. The minimum Gasteiger partial charge on any atom is -0.480 e. The molecule has 132 valence electrons. The Labute approximate surface area is 139 Å². The third kappa shape index (κ3) is 7.08. The molecule has 0 aromatic carbocycles. The van der Waals surface area contributed by atoms with Gasteiger partial charge in [-0.25, -0.2) is 4.79 Å². The quantitative estimate of drug-likeness (QED) is 0.523. The summed E-state index contributed by atoms with van der Waals surface area (Å²) >= 11 is 0. The van der Waals surface area contributed by atoms with Gasteiger partial charge in [-0.2, -0.15) is 0 Å². The molecule has 2 amide bonds. The molecule has 4 N–H and O–H groups in total. The van der Waals surface area contributed by atoms with E-state index < -0.39 is 23.8 Å². The van der Waals surface area contributed by atoms with Gasteiger partial charge >= 0.3 is 5.97 Å². The summed E-state index contributed by atoms with van der Waals surface area (Å²) in [6, 6.07) is 2.12. The van der Waals surface area contributed by atoms with E-state index in [9.17, 15) is 19.2 Å². The number of nitrogens with one attached hydrogen (secondary N) is 1. The smallest absolute Gasteiger partial charge is 0.326 e. The predicted octanol–water partition coefficient (Wildman–Crippen LogP) is 0.162. The molecule has 0 spiro atoms. The molecule has 1 rings (SSSR count). The number of nitrogens with two attached hydrogens (primary N) is 1. The Morgan fingerprint density at radius 2 is 1.96 bits per heavy atom. The number of rotatable bonds is 10. The highest BCUT2D eigenvalue weighted by Gasteiger charge is 2.20. The van der Waals surface area contributed by atoms with E-state index in [1.165, 1.54) is 6.07 Å². The van der Waals surface area contributed by atoms with Gasteiger partial charge in [0.15, 0.2) is 0 Å². The van der Waals surface area contributed by atoms with Gasteiger partial charge in [0.1, 0.15) is 6.04 Å². The molecule has 0 aliphatic rings. The van der Waals surface area contributed by atoms with Crippen molar-refractivity contribution in [1.29, 1.82) is 0 Å². The second-order valence-corrected chi connectivity index (χ2v) is 5.66. The molecule has 0 saturated heterocycles. The molecule has 8 nitrogen and oxygen atoms in total. The zero-order valence-electron chi connectivity index (χ0n) is 13.7. The first kappa shape index (κ1) is 19.4. The van der Waals surface area contributed by atoms with Crippen molar-refractivity contribution in [3.8, 4) is 0 Å². The zero-order chi connectivity index (χ0) is 18.1. The van der Waals surface area contributed by atoms with Gasteiger partial charge in [-0.15, -0.1) is 0 Å². The Morgan fingerprint density at radius 1 is 1.25 bits per heavy atom. The number of pyridine rings is 1. The molecule has 8 heteroatoms. The molecule has 1 unspecified atom stereocenters. The first-order valence-corrected chi connectivity index (χ1v) is 7.77. The fourth-order valence-electron chi connectivity index (χ4n) is 2.20. The van der Waals surface area contributed by atoms with Crippen molar-refractivity contribution in [2.75, 3.05) is 0 Å². The van der Waals surface area contributed by atoms with Crippen LogP contribution in [0.5, 0.6) is 0 Å². The van der Waals surface area contributed by atoms with Crippen LogP contribution in [-0.2, 0) is 20.9 Å². The van der Waals surface area contributed by atoms with Crippen LogP contribution in [0, 0.1) is 6.92 Å². The summed E-state index contributed by atoms with van der Waals surface area (Å²) in [5.74, 6) is -2.21. The highest BCUT2D eigenvalue weighted by molar-refractivity contribution is 5.84. The van der Waals surface area contributed by atoms with Gasteiger partial charge in [0, 0.05) is 31.6 Å². The Balaban J connectivity index is 2.37. The van der Waals surface area contributed by atoms with Crippen LogP contribution in [-0.4, -0.2) is 33.5 Å². The number of amides is 2.